The Bertz CT molecular complexity index is 1290. The molecule has 1 heterocycles. The lowest BCUT2D eigenvalue weighted by Crippen LogP contribution is -2.20. The lowest BCUT2D eigenvalue weighted by molar-refractivity contribution is -0.118. The first-order chi connectivity index (χ1) is 16.4. The lowest BCUT2D eigenvalue weighted by Gasteiger charge is -2.08. The molecule has 172 valence electrons. The Morgan fingerprint density at radius 3 is 2.56 bits per heavy atom. The molecule has 0 unspecified atom stereocenters. The van der Waals surface area contributed by atoms with Crippen molar-refractivity contribution >= 4 is 69.4 Å². The maximum absolute atomic E-state index is 12.3. The number of halogens is 2. The molecule has 34 heavy (non-hydrogen) atoms. The molecule has 0 saturated carbocycles. The van der Waals surface area contributed by atoms with Crippen LogP contribution in [0.4, 0.5) is 11.4 Å². The minimum Gasteiger partial charge on any atom is -0.484 e. The van der Waals surface area contributed by atoms with Gasteiger partial charge in [0.2, 0.25) is 0 Å². The number of hydrogen-bond acceptors (Lipinski definition) is 5. The van der Waals surface area contributed by atoms with Crippen LogP contribution >= 0.6 is 35.0 Å². The maximum Gasteiger partial charge on any atom is 0.264 e. The molecular formula is C25H19Cl2N3O3S. The number of amidine groups is 1. The van der Waals surface area contributed by atoms with Gasteiger partial charge in [-0.05, 0) is 66.7 Å². The van der Waals surface area contributed by atoms with Gasteiger partial charge in [0.25, 0.3) is 11.8 Å². The van der Waals surface area contributed by atoms with Crippen LogP contribution in [-0.2, 0) is 9.59 Å². The third kappa shape index (κ3) is 6.20. The molecule has 0 aromatic heterocycles. The van der Waals surface area contributed by atoms with Gasteiger partial charge in [-0.1, -0.05) is 59.1 Å². The Kier molecular flexibility index (Phi) is 7.57. The van der Waals surface area contributed by atoms with E-state index >= 15 is 0 Å². The summed E-state index contributed by atoms with van der Waals surface area (Å²) in [7, 11) is 0. The van der Waals surface area contributed by atoms with E-state index in [0.29, 0.717) is 37.2 Å². The first-order valence-corrected chi connectivity index (χ1v) is 11.8. The zero-order valence-electron chi connectivity index (χ0n) is 18.0. The number of carbonyl (C=O) groups excluding carboxylic acids is 2. The highest BCUT2D eigenvalue weighted by Gasteiger charge is 2.24. The fourth-order valence-corrected chi connectivity index (χ4v) is 4.14. The summed E-state index contributed by atoms with van der Waals surface area (Å²) in [5.41, 5.74) is 3.11. The van der Waals surface area contributed by atoms with Crippen molar-refractivity contribution in [3.05, 3.63) is 92.8 Å². The number of nitrogens with zero attached hydrogens (tertiary/aromatic N) is 1. The molecule has 1 fully saturated rings. The second-order valence-corrected chi connectivity index (χ2v) is 9.14. The van der Waals surface area contributed by atoms with Crippen molar-refractivity contribution in [2.45, 2.75) is 6.92 Å². The van der Waals surface area contributed by atoms with Crippen LogP contribution in [0.3, 0.4) is 0 Å². The molecule has 6 nitrogen and oxygen atoms in total. The normalized spacial score (nSPS) is 15.4. The average Bonchev–Trinajstić information content (AvgIpc) is 3.16. The summed E-state index contributed by atoms with van der Waals surface area (Å²) in [5.74, 6) is 0.0401. The summed E-state index contributed by atoms with van der Waals surface area (Å²) >= 11 is 13.4. The monoisotopic (exact) mass is 511 g/mol. The number of amides is 2. The van der Waals surface area contributed by atoms with Gasteiger partial charge in [0, 0.05) is 5.69 Å². The van der Waals surface area contributed by atoms with Gasteiger partial charge in [0.05, 0.1) is 20.6 Å². The number of anilines is 1. The molecule has 2 N–H and O–H groups in total. The van der Waals surface area contributed by atoms with Crippen molar-refractivity contribution in [1.29, 1.82) is 0 Å². The summed E-state index contributed by atoms with van der Waals surface area (Å²) in [6.07, 6.45) is 1.75. The summed E-state index contributed by atoms with van der Waals surface area (Å²) < 4.78 is 5.55. The third-order valence-corrected chi connectivity index (χ3v) is 6.41. The second-order valence-electron chi connectivity index (χ2n) is 7.33. The van der Waals surface area contributed by atoms with Gasteiger partial charge in [-0.25, -0.2) is 4.99 Å². The van der Waals surface area contributed by atoms with Crippen molar-refractivity contribution in [3.63, 3.8) is 0 Å². The van der Waals surface area contributed by atoms with E-state index in [1.165, 1.54) is 11.8 Å². The summed E-state index contributed by atoms with van der Waals surface area (Å²) in [4.78, 5) is 29.3. The molecule has 1 aliphatic heterocycles. The highest BCUT2D eigenvalue weighted by Crippen LogP contribution is 2.34. The van der Waals surface area contributed by atoms with Gasteiger partial charge in [-0.2, -0.15) is 0 Å². The van der Waals surface area contributed by atoms with Crippen LogP contribution in [0.2, 0.25) is 10.0 Å². The minimum atomic E-state index is -0.255. The van der Waals surface area contributed by atoms with Crippen LogP contribution in [0, 0.1) is 6.92 Å². The first kappa shape index (κ1) is 23.9. The van der Waals surface area contributed by atoms with E-state index in [0.717, 1.165) is 11.1 Å². The van der Waals surface area contributed by atoms with E-state index in [9.17, 15) is 9.59 Å². The smallest absolute Gasteiger partial charge is 0.264 e. The number of hydrogen-bond donors (Lipinski definition) is 2. The Morgan fingerprint density at radius 2 is 1.82 bits per heavy atom. The molecule has 0 spiro atoms. The SMILES string of the molecule is Cc1ccc(NC(=O)COc2ccc(/C=C3/SC(=Nc4cccc(Cl)c4Cl)NC3=O)cc2)cc1. The molecule has 4 rings (SSSR count). The Balaban J connectivity index is 1.35. The fraction of sp³-hybridized carbons (Fsp3) is 0.0800. The average molecular weight is 512 g/mol. The molecule has 9 heteroatoms. The third-order valence-electron chi connectivity index (χ3n) is 4.69. The first-order valence-electron chi connectivity index (χ1n) is 10.2. The molecule has 0 atom stereocenters. The van der Waals surface area contributed by atoms with E-state index in [2.05, 4.69) is 15.6 Å². The van der Waals surface area contributed by atoms with Crippen LogP contribution in [0.15, 0.2) is 76.6 Å². The molecule has 3 aromatic rings. The predicted octanol–water partition coefficient (Wildman–Crippen LogP) is 6.21. The van der Waals surface area contributed by atoms with E-state index in [1.807, 2.05) is 31.2 Å². The molecule has 0 radical (unpaired) electrons. The van der Waals surface area contributed by atoms with E-state index in [1.54, 1.807) is 48.5 Å². The van der Waals surface area contributed by atoms with E-state index in [-0.39, 0.29) is 18.4 Å². The molecule has 0 bridgehead atoms. The predicted molar refractivity (Wildman–Crippen MR) is 139 cm³/mol. The van der Waals surface area contributed by atoms with Crippen molar-refractivity contribution < 1.29 is 14.3 Å². The number of aryl methyl sites for hydroxylation is 1. The quantitative estimate of drug-likeness (QED) is 0.385. The highest BCUT2D eigenvalue weighted by atomic mass is 35.5. The Morgan fingerprint density at radius 1 is 1.09 bits per heavy atom. The molecule has 1 aliphatic rings. The number of ether oxygens (including phenoxy) is 1. The highest BCUT2D eigenvalue weighted by molar-refractivity contribution is 8.18. The van der Waals surface area contributed by atoms with Gasteiger partial charge >= 0.3 is 0 Å². The minimum absolute atomic E-state index is 0.113. The zero-order valence-corrected chi connectivity index (χ0v) is 20.3. The topological polar surface area (TPSA) is 79.8 Å². The number of aliphatic imine (C=N–C) groups is 1. The molecular weight excluding hydrogens is 493 g/mol. The number of benzene rings is 3. The number of carbonyl (C=O) groups is 2. The van der Waals surface area contributed by atoms with E-state index < -0.39 is 0 Å². The summed E-state index contributed by atoms with van der Waals surface area (Å²) in [5, 5.41) is 6.64. The molecule has 0 aliphatic carbocycles. The zero-order chi connectivity index (χ0) is 24.1. The number of rotatable bonds is 6. The summed E-state index contributed by atoms with van der Waals surface area (Å²) in [6, 6.07) is 19.7. The standard InChI is InChI=1S/C25H19Cl2N3O3S/c1-15-5-9-17(10-6-15)28-22(31)14-33-18-11-7-16(8-12-18)13-21-24(32)30-25(34-21)29-20-4-2-3-19(26)23(20)27/h2-13H,14H2,1H3,(H,28,31)(H,29,30,32)/b21-13+. The van der Waals surface area contributed by atoms with Crippen LogP contribution < -0.4 is 15.4 Å². The maximum atomic E-state index is 12.3. The van der Waals surface area contributed by atoms with E-state index in [4.69, 9.17) is 27.9 Å². The number of thioether (sulfide) groups is 1. The fourth-order valence-electron chi connectivity index (χ4n) is 2.96. The second kappa shape index (κ2) is 10.8. The lowest BCUT2D eigenvalue weighted by atomic mass is 10.2. The van der Waals surface area contributed by atoms with Gasteiger partial charge in [0.15, 0.2) is 11.8 Å². The van der Waals surface area contributed by atoms with Gasteiger partial charge in [-0.15, -0.1) is 0 Å². The number of nitrogens with one attached hydrogen (secondary N) is 2. The van der Waals surface area contributed by atoms with Crippen LogP contribution in [0.25, 0.3) is 6.08 Å². The van der Waals surface area contributed by atoms with Crippen LogP contribution in [0.5, 0.6) is 5.75 Å². The van der Waals surface area contributed by atoms with Gasteiger partial charge in [-0.3, -0.25) is 9.59 Å². The molecule has 1 saturated heterocycles. The Hall–Kier alpha value is -3.26. The van der Waals surface area contributed by atoms with Gasteiger partial charge in [0.1, 0.15) is 5.75 Å². The van der Waals surface area contributed by atoms with Crippen molar-refractivity contribution in [2.75, 3.05) is 11.9 Å². The van der Waals surface area contributed by atoms with Crippen molar-refractivity contribution in [1.82, 2.24) is 5.32 Å². The largest absolute Gasteiger partial charge is 0.484 e. The van der Waals surface area contributed by atoms with Crippen LogP contribution in [0.1, 0.15) is 11.1 Å². The van der Waals surface area contributed by atoms with Crippen molar-refractivity contribution in [2.24, 2.45) is 4.99 Å². The molecule has 2 amide bonds. The molecule has 3 aromatic carbocycles. The Labute approximate surface area is 211 Å². The summed E-state index contributed by atoms with van der Waals surface area (Å²) in [6.45, 7) is 1.87. The van der Waals surface area contributed by atoms with Crippen molar-refractivity contribution in [3.8, 4) is 5.75 Å². The van der Waals surface area contributed by atoms with Gasteiger partial charge < -0.3 is 15.4 Å². The van der Waals surface area contributed by atoms with Crippen LogP contribution in [-0.4, -0.2) is 23.6 Å².